The number of nitrogens with one attached hydrogen (secondary N) is 2. The maximum atomic E-state index is 12.0. The Kier molecular flexibility index (Phi) is 8.33. The average Bonchev–Trinajstić information content (AvgIpc) is 2.72. The Balaban J connectivity index is 1.95. The number of carbonyl (C=O) groups is 2. The zero-order valence-electron chi connectivity index (χ0n) is 17.0. The number of halogens is 1. The van der Waals surface area contributed by atoms with Gasteiger partial charge in [-0.3, -0.25) is 9.59 Å². The van der Waals surface area contributed by atoms with E-state index in [2.05, 4.69) is 16.6 Å². The minimum atomic E-state index is -0.430. The second-order valence-corrected chi connectivity index (χ2v) is 6.93. The fourth-order valence-corrected chi connectivity index (χ4v) is 2.74. The van der Waals surface area contributed by atoms with E-state index >= 15 is 0 Å². The third kappa shape index (κ3) is 6.87. The lowest BCUT2D eigenvalue weighted by atomic mass is 10.2. The van der Waals surface area contributed by atoms with E-state index in [9.17, 15) is 9.59 Å². The molecule has 0 spiro atoms. The van der Waals surface area contributed by atoms with Crippen molar-refractivity contribution in [1.82, 2.24) is 5.32 Å². The van der Waals surface area contributed by atoms with Crippen molar-refractivity contribution in [3.8, 4) is 23.8 Å². The molecule has 0 aliphatic carbocycles. The van der Waals surface area contributed by atoms with Gasteiger partial charge >= 0.3 is 0 Å². The second kappa shape index (κ2) is 10.9. The Morgan fingerprint density at radius 2 is 2.03 bits per heavy atom. The minimum absolute atomic E-state index is 0.0660. The van der Waals surface area contributed by atoms with E-state index in [4.69, 9.17) is 27.5 Å². The normalized spacial score (nSPS) is 10.5. The van der Waals surface area contributed by atoms with Gasteiger partial charge in [-0.15, -0.1) is 6.42 Å². The summed E-state index contributed by atoms with van der Waals surface area (Å²) in [6.45, 7) is 3.58. The van der Waals surface area contributed by atoms with Crippen molar-refractivity contribution in [1.29, 1.82) is 0 Å². The molecule has 2 amide bonds. The molecule has 0 heterocycles. The van der Waals surface area contributed by atoms with Crippen molar-refractivity contribution < 1.29 is 19.1 Å². The molecule has 2 aromatic carbocycles. The highest BCUT2D eigenvalue weighted by molar-refractivity contribution is 6.32. The van der Waals surface area contributed by atoms with Gasteiger partial charge in [0, 0.05) is 17.3 Å². The molecule has 156 valence electrons. The average molecular weight is 427 g/mol. The predicted octanol–water partition coefficient (Wildman–Crippen LogP) is 3.89. The molecule has 0 saturated heterocycles. The Bertz CT molecular complexity index is 993. The standard InChI is InChI=1S/C23H23ClN2O4/c1-5-16-7-6-8-18(11-16)26-22(28)14-25-21(27)10-9-17-12-19(24)23(30-15(2)3)20(13-17)29-4/h1,6-13,15H,14H2,2-4H3,(H,25,27)(H,26,28)/b10-9+. The van der Waals surface area contributed by atoms with E-state index in [1.165, 1.54) is 13.2 Å². The summed E-state index contributed by atoms with van der Waals surface area (Å²) in [7, 11) is 1.51. The number of amides is 2. The van der Waals surface area contributed by atoms with Gasteiger partial charge in [-0.1, -0.05) is 23.6 Å². The Morgan fingerprint density at radius 1 is 1.27 bits per heavy atom. The van der Waals surface area contributed by atoms with E-state index in [0.29, 0.717) is 33.3 Å². The van der Waals surface area contributed by atoms with Gasteiger partial charge in [0.05, 0.1) is 24.8 Å². The summed E-state index contributed by atoms with van der Waals surface area (Å²) in [5.41, 5.74) is 1.86. The van der Waals surface area contributed by atoms with Crippen LogP contribution in [-0.4, -0.2) is 31.6 Å². The maximum Gasteiger partial charge on any atom is 0.244 e. The zero-order chi connectivity index (χ0) is 22.1. The molecule has 0 aliphatic rings. The van der Waals surface area contributed by atoms with Crippen molar-refractivity contribution >= 4 is 35.2 Å². The first-order valence-electron chi connectivity index (χ1n) is 9.19. The van der Waals surface area contributed by atoms with Gasteiger partial charge in [-0.2, -0.15) is 0 Å². The van der Waals surface area contributed by atoms with Crippen molar-refractivity contribution in [3.63, 3.8) is 0 Å². The SMILES string of the molecule is C#Cc1cccc(NC(=O)CNC(=O)/C=C/c2cc(Cl)c(OC(C)C)c(OC)c2)c1. The quantitative estimate of drug-likeness (QED) is 0.496. The van der Waals surface area contributed by atoms with Gasteiger partial charge in [0.1, 0.15) is 0 Å². The smallest absolute Gasteiger partial charge is 0.244 e. The molecule has 0 unspecified atom stereocenters. The summed E-state index contributed by atoms with van der Waals surface area (Å²) >= 11 is 6.27. The number of methoxy groups -OCH3 is 1. The third-order valence-electron chi connectivity index (χ3n) is 3.77. The van der Waals surface area contributed by atoms with Crippen LogP contribution in [0.2, 0.25) is 5.02 Å². The molecule has 6 nitrogen and oxygen atoms in total. The molecule has 0 saturated carbocycles. The maximum absolute atomic E-state index is 12.0. The van der Waals surface area contributed by atoms with Gasteiger partial charge in [-0.25, -0.2) is 0 Å². The lowest BCUT2D eigenvalue weighted by Gasteiger charge is -2.15. The first-order valence-corrected chi connectivity index (χ1v) is 9.56. The van der Waals surface area contributed by atoms with Crippen LogP contribution in [0.25, 0.3) is 6.08 Å². The number of rotatable bonds is 8. The second-order valence-electron chi connectivity index (χ2n) is 6.53. The van der Waals surface area contributed by atoms with Gasteiger partial charge in [0.25, 0.3) is 0 Å². The lowest BCUT2D eigenvalue weighted by molar-refractivity contribution is -0.121. The van der Waals surface area contributed by atoms with Crippen LogP contribution in [0.15, 0.2) is 42.5 Å². The van der Waals surface area contributed by atoms with Crippen LogP contribution in [0.5, 0.6) is 11.5 Å². The molecule has 2 aromatic rings. The number of hydrogen-bond donors (Lipinski definition) is 2. The summed E-state index contributed by atoms with van der Waals surface area (Å²) in [5.74, 6) is 2.60. The largest absolute Gasteiger partial charge is 0.493 e. The van der Waals surface area contributed by atoms with Crippen LogP contribution < -0.4 is 20.1 Å². The molecule has 0 aliphatic heterocycles. The van der Waals surface area contributed by atoms with Crippen LogP contribution in [0, 0.1) is 12.3 Å². The Morgan fingerprint density at radius 3 is 2.70 bits per heavy atom. The van der Waals surface area contributed by atoms with Gasteiger partial charge < -0.3 is 20.1 Å². The molecular formula is C23H23ClN2O4. The van der Waals surface area contributed by atoms with Crippen molar-refractivity contribution in [2.45, 2.75) is 20.0 Å². The summed E-state index contributed by atoms with van der Waals surface area (Å²) in [5, 5.41) is 5.56. The zero-order valence-corrected chi connectivity index (χ0v) is 17.7. The summed E-state index contributed by atoms with van der Waals surface area (Å²) in [6.07, 6.45) is 8.14. The Labute approximate surface area is 181 Å². The van der Waals surface area contributed by atoms with Crippen LogP contribution >= 0.6 is 11.6 Å². The number of anilines is 1. The van der Waals surface area contributed by atoms with Crippen LogP contribution in [0.1, 0.15) is 25.0 Å². The fourth-order valence-electron chi connectivity index (χ4n) is 2.48. The molecule has 0 fully saturated rings. The number of carbonyl (C=O) groups excluding carboxylic acids is 2. The number of ether oxygens (including phenoxy) is 2. The molecule has 0 aromatic heterocycles. The molecule has 0 atom stereocenters. The summed E-state index contributed by atoms with van der Waals surface area (Å²) < 4.78 is 11.0. The third-order valence-corrected chi connectivity index (χ3v) is 4.05. The number of benzene rings is 2. The molecule has 7 heteroatoms. The highest BCUT2D eigenvalue weighted by atomic mass is 35.5. The molecule has 2 rings (SSSR count). The minimum Gasteiger partial charge on any atom is -0.493 e. The first-order chi connectivity index (χ1) is 14.3. The lowest BCUT2D eigenvalue weighted by Crippen LogP contribution is -2.31. The first kappa shape index (κ1) is 22.9. The van der Waals surface area contributed by atoms with E-state index in [0.717, 1.165) is 0 Å². The van der Waals surface area contributed by atoms with Crippen LogP contribution in [0.3, 0.4) is 0 Å². The highest BCUT2D eigenvalue weighted by Gasteiger charge is 2.13. The topological polar surface area (TPSA) is 76.7 Å². The predicted molar refractivity (Wildman–Crippen MR) is 119 cm³/mol. The molecule has 30 heavy (non-hydrogen) atoms. The molecular weight excluding hydrogens is 404 g/mol. The van der Waals surface area contributed by atoms with Gasteiger partial charge in [-0.05, 0) is 55.8 Å². The van der Waals surface area contributed by atoms with E-state index < -0.39 is 5.91 Å². The number of terminal acetylenes is 1. The van der Waals surface area contributed by atoms with Crippen LogP contribution in [0.4, 0.5) is 5.69 Å². The van der Waals surface area contributed by atoms with Gasteiger partial charge in [0.2, 0.25) is 11.8 Å². The van der Waals surface area contributed by atoms with E-state index in [-0.39, 0.29) is 18.6 Å². The monoisotopic (exact) mass is 426 g/mol. The Hall–Kier alpha value is -3.43. The fraction of sp³-hybridized carbons (Fsp3) is 0.217. The van der Waals surface area contributed by atoms with Gasteiger partial charge in [0.15, 0.2) is 11.5 Å². The molecule has 2 N–H and O–H groups in total. The van der Waals surface area contributed by atoms with E-state index in [1.807, 2.05) is 13.8 Å². The van der Waals surface area contributed by atoms with Crippen molar-refractivity contribution in [3.05, 3.63) is 58.6 Å². The molecule has 0 radical (unpaired) electrons. The van der Waals surface area contributed by atoms with Crippen molar-refractivity contribution in [2.75, 3.05) is 19.0 Å². The molecule has 0 bridgehead atoms. The van der Waals surface area contributed by atoms with Crippen molar-refractivity contribution in [2.24, 2.45) is 0 Å². The van der Waals surface area contributed by atoms with E-state index in [1.54, 1.807) is 42.5 Å². The summed E-state index contributed by atoms with van der Waals surface area (Å²) in [6, 6.07) is 10.2. The summed E-state index contributed by atoms with van der Waals surface area (Å²) in [4.78, 5) is 24.0. The number of hydrogen-bond acceptors (Lipinski definition) is 4. The highest BCUT2D eigenvalue weighted by Crippen LogP contribution is 2.37. The van der Waals surface area contributed by atoms with Crippen LogP contribution in [-0.2, 0) is 9.59 Å².